The number of fused-ring (bicyclic) bond motifs is 1. The molecular weight excluding hydrogens is 308 g/mol. The number of likely N-dealkylation sites (tertiary alicyclic amines) is 1. The van der Waals surface area contributed by atoms with Crippen LogP contribution >= 0.6 is 0 Å². The van der Waals surface area contributed by atoms with Gasteiger partial charge in [0.05, 0.1) is 12.7 Å². The second-order valence-corrected chi connectivity index (χ2v) is 5.86. The predicted molar refractivity (Wildman–Crippen MR) is 89.5 cm³/mol. The molecule has 1 aliphatic rings. The molecule has 1 fully saturated rings. The Kier molecular flexibility index (Phi) is 4.40. The van der Waals surface area contributed by atoms with E-state index in [9.17, 15) is 14.7 Å². The number of amides is 2. The zero-order valence-corrected chi connectivity index (χ0v) is 13.7. The van der Waals surface area contributed by atoms with E-state index in [0.717, 1.165) is 16.9 Å². The quantitative estimate of drug-likeness (QED) is 0.877. The molecule has 0 aliphatic carbocycles. The summed E-state index contributed by atoms with van der Waals surface area (Å²) in [5.41, 5.74) is 0.216. The maximum Gasteiger partial charge on any atom is 0.268 e. The van der Waals surface area contributed by atoms with Gasteiger partial charge in [-0.15, -0.1) is 0 Å². The number of nitrogens with zero attached hydrogens (tertiary/aromatic N) is 2. The highest BCUT2D eigenvalue weighted by molar-refractivity contribution is 6.05. The number of phenolic OH excluding ortho intramolecular Hbond substituents is 1. The fourth-order valence-electron chi connectivity index (χ4n) is 3.15. The van der Waals surface area contributed by atoms with Crippen LogP contribution in [-0.2, 0) is 9.63 Å². The normalized spacial score (nSPS) is 17.2. The van der Waals surface area contributed by atoms with Gasteiger partial charge in [0.1, 0.15) is 11.8 Å². The molecule has 6 heteroatoms. The maximum atomic E-state index is 12.9. The standard InChI is InChI=1S/C18H20N2O4/c1-19(24-2)18(23)15-8-5-11-20(15)17(22)14-10-9-12-6-3-4-7-13(12)16(14)21/h3-4,6-7,9-10,15,21H,5,8,11H2,1-2H3. The molecule has 1 N–H and O–H groups in total. The molecule has 24 heavy (non-hydrogen) atoms. The van der Waals surface area contributed by atoms with Crippen molar-refractivity contribution in [2.24, 2.45) is 0 Å². The lowest BCUT2D eigenvalue weighted by molar-refractivity contribution is -0.172. The van der Waals surface area contributed by atoms with Gasteiger partial charge in [0.15, 0.2) is 0 Å². The summed E-state index contributed by atoms with van der Waals surface area (Å²) in [5, 5.41) is 13.1. The van der Waals surface area contributed by atoms with E-state index in [-0.39, 0.29) is 23.1 Å². The second kappa shape index (κ2) is 6.49. The Balaban J connectivity index is 1.94. The highest BCUT2D eigenvalue weighted by Crippen LogP contribution is 2.31. The van der Waals surface area contributed by atoms with Crippen molar-refractivity contribution in [3.8, 4) is 5.75 Å². The average Bonchev–Trinajstić information content (AvgIpc) is 3.10. The number of hydroxylamine groups is 2. The van der Waals surface area contributed by atoms with E-state index >= 15 is 0 Å². The number of carbonyl (C=O) groups excluding carboxylic acids is 2. The zero-order valence-electron chi connectivity index (χ0n) is 13.7. The summed E-state index contributed by atoms with van der Waals surface area (Å²) in [6.07, 6.45) is 1.33. The van der Waals surface area contributed by atoms with Gasteiger partial charge in [-0.25, -0.2) is 5.06 Å². The number of hydrogen-bond acceptors (Lipinski definition) is 4. The van der Waals surface area contributed by atoms with Crippen molar-refractivity contribution in [1.29, 1.82) is 0 Å². The SMILES string of the molecule is CON(C)C(=O)C1CCCN1C(=O)c1ccc2ccccc2c1O. The number of aromatic hydroxyl groups is 1. The topological polar surface area (TPSA) is 70.1 Å². The molecule has 1 aliphatic heterocycles. The van der Waals surface area contributed by atoms with Gasteiger partial charge >= 0.3 is 0 Å². The van der Waals surface area contributed by atoms with Crippen molar-refractivity contribution >= 4 is 22.6 Å². The van der Waals surface area contributed by atoms with Crippen LogP contribution in [0.2, 0.25) is 0 Å². The summed E-state index contributed by atoms with van der Waals surface area (Å²) >= 11 is 0. The first-order valence-corrected chi connectivity index (χ1v) is 7.88. The van der Waals surface area contributed by atoms with E-state index in [0.29, 0.717) is 18.4 Å². The summed E-state index contributed by atoms with van der Waals surface area (Å²) in [7, 11) is 2.94. The number of carbonyl (C=O) groups is 2. The van der Waals surface area contributed by atoms with Gasteiger partial charge < -0.3 is 10.0 Å². The summed E-state index contributed by atoms with van der Waals surface area (Å²) in [5.74, 6) is -0.640. The van der Waals surface area contributed by atoms with Crippen molar-refractivity contribution in [2.45, 2.75) is 18.9 Å². The minimum atomic E-state index is -0.562. The predicted octanol–water partition coefficient (Wildman–Crippen LogP) is 2.17. The molecule has 1 atom stereocenters. The lowest BCUT2D eigenvalue weighted by Crippen LogP contribution is -2.46. The van der Waals surface area contributed by atoms with Gasteiger partial charge in [0.2, 0.25) is 0 Å². The molecule has 2 amide bonds. The first-order valence-electron chi connectivity index (χ1n) is 7.88. The third kappa shape index (κ3) is 2.69. The number of phenols is 1. The molecule has 0 spiro atoms. The van der Waals surface area contributed by atoms with E-state index < -0.39 is 6.04 Å². The summed E-state index contributed by atoms with van der Waals surface area (Å²) in [4.78, 5) is 31.7. The van der Waals surface area contributed by atoms with Crippen LogP contribution in [0.3, 0.4) is 0 Å². The number of rotatable bonds is 3. The maximum absolute atomic E-state index is 12.9. The number of hydrogen-bond donors (Lipinski definition) is 1. The summed E-state index contributed by atoms with van der Waals surface area (Å²) in [6, 6.07) is 10.2. The minimum Gasteiger partial charge on any atom is -0.506 e. The molecule has 6 nitrogen and oxygen atoms in total. The van der Waals surface area contributed by atoms with Gasteiger partial charge in [-0.2, -0.15) is 0 Å². The van der Waals surface area contributed by atoms with E-state index in [1.807, 2.05) is 18.2 Å². The third-order valence-corrected chi connectivity index (χ3v) is 4.51. The Hall–Kier alpha value is -2.60. The monoisotopic (exact) mass is 328 g/mol. The minimum absolute atomic E-state index is 0.0451. The molecule has 1 heterocycles. The molecule has 2 aromatic carbocycles. The zero-order chi connectivity index (χ0) is 17.3. The molecule has 0 aromatic heterocycles. The van der Waals surface area contributed by atoms with Gasteiger partial charge in [-0.1, -0.05) is 30.3 Å². The van der Waals surface area contributed by atoms with E-state index in [4.69, 9.17) is 4.84 Å². The van der Waals surface area contributed by atoms with Crippen LogP contribution in [0.4, 0.5) is 0 Å². The highest BCUT2D eigenvalue weighted by Gasteiger charge is 2.37. The highest BCUT2D eigenvalue weighted by atomic mass is 16.7. The molecule has 0 saturated carbocycles. The second-order valence-electron chi connectivity index (χ2n) is 5.86. The van der Waals surface area contributed by atoms with E-state index in [1.165, 1.54) is 19.1 Å². The number of likely N-dealkylation sites (N-methyl/N-ethyl adjacent to an activating group) is 1. The first kappa shape index (κ1) is 16.3. The van der Waals surface area contributed by atoms with Crippen LogP contribution < -0.4 is 0 Å². The third-order valence-electron chi connectivity index (χ3n) is 4.51. The molecule has 126 valence electrons. The lowest BCUT2D eigenvalue weighted by Gasteiger charge is -2.27. The van der Waals surface area contributed by atoms with Crippen LogP contribution in [0.25, 0.3) is 10.8 Å². The van der Waals surface area contributed by atoms with Crippen LogP contribution in [0.1, 0.15) is 23.2 Å². The van der Waals surface area contributed by atoms with Crippen molar-refractivity contribution in [2.75, 3.05) is 20.7 Å². The van der Waals surface area contributed by atoms with Crippen molar-refractivity contribution < 1.29 is 19.5 Å². The van der Waals surface area contributed by atoms with Crippen LogP contribution in [0, 0.1) is 0 Å². The van der Waals surface area contributed by atoms with Crippen molar-refractivity contribution in [3.63, 3.8) is 0 Å². The van der Waals surface area contributed by atoms with Gasteiger partial charge in [-0.3, -0.25) is 14.4 Å². The number of benzene rings is 2. The van der Waals surface area contributed by atoms with Gasteiger partial charge in [0.25, 0.3) is 11.8 Å². The van der Waals surface area contributed by atoms with Crippen LogP contribution in [0.15, 0.2) is 36.4 Å². The Bertz CT molecular complexity index is 790. The van der Waals surface area contributed by atoms with E-state index in [2.05, 4.69) is 0 Å². The van der Waals surface area contributed by atoms with Crippen molar-refractivity contribution in [3.05, 3.63) is 42.0 Å². The van der Waals surface area contributed by atoms with Gasteiger partial charge in [-0.05, 0) is 24.3 Å². The molecule has 3 rings (SSSR count). The smallest absolute Gasteiger partial charge is 0.268 e. The molecule has 1 unspecified atom stereocenters. The molecular formula is C18H20N2O4. The summed E-state index contributed by atoms with van der Waals surface area (Å²) in [6.45, 7) is 0.485. The molecule has 0 bridgehead atoms. The average molecular weight is 328 g/mol. The molecule has 1 saturated heterocycles. The fourth-order valence-corrected chi connectivity index (χ4v) is 3.15. The Morgan fingerprint density at radius 1 is 1.25 bits per heavy atom. The van der Waals surface area contributed by atoms with Crippen LogP contribution in [0.5, 0.6) is 5.75 Å². The fraction of sp³-hybridized carbons (Fsp3) is 0.333. The van der Waals surface area contributed by atoms with Crippen LogP contribution in [-0.4, -0.2) is 53.6 Å². The Morgan fingerprint density at radius 3 is 2.75 bits per heavy atom. The Morgan fingerprint density at radius 2 is 2.00 bits per heavy atom. The largest absolute Gasteiger partial charge is 0.506 e. The first-order chi connectivity index (χ1) is 11.5. The molecule has 2 aromatic rings. The lowest BCUT2D eigenvalue weighted by atomic mass is 10.0. The Labute approximate surface area is 140 Å². The molecule has 0 radical (unpaired) electrons. The van der Waals surface area contributed by atoms with Gasteiger partial charge in [0, 0.05) is 19.0 Å². The van der Waals surface area contributed by atoms with E-state index in [1.54, 1.807) is 18.2 Å². The van der Waals surface area contributed by atoms with Crippen molar-refractivity contribution in [1.82, 2.24) is 9.96 Å². The summed E-state index contributed by atoms with van der Waals surface area (Å²) < 4.78 is 0.